The fourth-order valence-corrected chi connectivity index (χ4v) is 1.52. The van der Waals surface area contributed by atoms with Crippen LogP contribution in [0.4, 0.5) is 0 Å². The smallest absolute Gasteiger partial charge is 0.261 e. The molecule has 0 spiro atoms. The highest BCUT2D eigenvalue weighted by atomic mass is 16.5. The second kappa shape index (κ2) is 4.82. The fourth-order valence-electron chi connectivity index (χ4n) is 1.52. The number of ether oxygens (including phenoxy) is 1. The van der Waals surface area contributed by atoms with E-state index in [1.165, 1.54) is 5.56 Å². The number of benzene rings is 1. The summed E-state index contributed by atoms with van der Waals surface area (Å²) < 4.78 is 10.2. The molecule has 2 aromatic rings. The molecule has 0 N–H and O–H groups in total. The van der Waals surface area contributed by atoms with Crippen LogP contribution in [-0.4, -0.2) is 12.3 Å². The molecule has 1 aromatic heterocycles. The van der Waals surface area contributed by atoms with E-state index in [-0.39, 0.29) is 0 Å². The Morgan fingerprint density at radius 3 is 2.47 bits per heavy atom. The maximum Gasteiger partial charge on any atom is 0.261 e. The molecule has 0 saturated heterocycles. The van der Waals surface area contributed by atoms with Crippen LogP contribution in [0.2, 0.25) is 0 Å². The molecule has 1 heterocycles. The zero-order valence-corrected chi connectivity index (χ0v) is 9.92. The molecule has 0 atom stereocenters. The van der Waals surface area contributed by atoms with E-state index in [9.17, 15) is 0 Å². The van der Waals surface area contributed by atoms with Crippen molar-refractivity contribution in [1.82, 2.24) is 5.16 Å². The van der Waals surface area contributed by atoms with Crippen molar-refractivity contribution in [3.05, 3.63) is 23.3 Å². The van der Waals surface area contributed by atoms with Gasteiger partial charge in [0.1, 0.15) is 0 Å². The van der Waals surface area contributed by atoms with Crippen LogP contribution in [0, 0.1) is 13.8 Å². The zero-order valence-electron chi connectivity index (χ0n) is 9.92. The third-order valence-electron chi connectivity index (χ3n) is 2.06. The summed E-state index contributed by atoms with van der Waals surface area (Å²) in [6, 6.07) is 4.07. The van der Waals surface area contributed by atoms with Gasteiger partial charge in [0.15, 0.2) is 5.58 Å². The monoisotopic (exact) mass is 207 g/mol. The summed E-state index contributed by atoms with van der Waals surface area (Å²) in [5.74, 6) is 0.557. The highest BCUT2D eigenvalue weighted by molar-refractivity contribution is 5.85. The predicted molar refractivity (Wildman–Crippen MR) is 61.4 cm³/mol. The largest absolute Gasteiger partial charge is 0.478 e. The standard InChI is InChI=1S/C10H11NO2.C2H6/c1-6-4-7(2)9-8(5-6)10(12-3)11-13-9;1-2/h4-5H,1-3H3;1-2H3. The van der Waals surface area contributed by atoms with E-state index in [2.05, 4.69) is 11.2 Å². The van der Waals surface area contributed by atoms with Crippen molar-refractivity contribution in [2.75, 3.05) is 7.11 Å². The molecule has 3 nitrogen and oxygen atoms in total. The number of hydrogen-bond acceptors (Lipinski definition) is 3. The molecule has 0 amide bonds. The molecule has 0 radical (unpaired) electrons. The van der Waals surface area contributed by atoms with Gasteiger partial charge < -0.3 is 9.26 Å². The first-order valence-electron chi connectivity index (χ1n) is 5.13. The van der Waals surface area contributed by atoms with E-state index >= 15 is 0 Å². The van der Waals surface area contributed by atoms with Crippen LogP contribution in [0.15, 0.2) is 16.7 Å². The number of aromatic nitrogens is 1. The summed E-state index contributed by atoms with van der Waals surface area (Å²) >= 11 is 0. The Kier molecular flexibility index (Phi) is 3.72. The van der Waals surface area contributed by atoms with E-state index in [0.717, 1.165) is 16.5 Å². The van der Waals surface area contributed by atoms with E-state index in [0.29, 0.717) is 5.88 Å². The van der Waals surface area contributed by atoms with Gasteiger partial charge >= 0.3 is 0 Å². The first-order valence-corrected chi connectivity index (χ1v) is 5.13. The normalized spacial score (nSPS) is 9.67. The molecule has 0 aliphatic carbocycles. The number of aryl methyl sites for hydroxylation is 2. The third kappa shape index (κ3) is 2.12. The minimum atomic E-state index is 0.557. The van der Waals surface area contributed by atoms with Crippen LogP contribution in [0.5, 0.6) is 5.88 Å². The summed E-state index contributed by atoms with van der Waals surface area (Å²) in [5.41, 5.74) is 3.08. The average Bonchev–Trinajstić information content (AvgIpc) is 2.64. The fraction of sp³-hybridized carbons (Fsp3) is 0.417. The molecule has 0 bridgehead atoms. The van der Waals surface area contributed by atoms with Crippen molar-refractivity contribution in [2.45, 2.75) is 27.7 Å². The number of hydrogen-bond donors (Lipinski definition) is 0. The van der Waals surface area contributed by atoms with Crippen molar-refractivity contribution < 1.29 is 9.26 Å². The molecule has 0 unspecified atom stereocenters. The highest BCUT2D eigenvalue weighted by Gasteiger charge is 2.10. The van der Waals surface area contributed by atoms with E-state index < -0.39 is 0 Å². The summed E-state index contributed by atoms with van der Waals surface area (Å²) in [6.07, 6.45) is 0. The quantitative estimate of drug-likeness (QED) is 0.718. The molecule has 0 fully saturated rings. The molecular weight excluding hydrogens is 190 g/mol. The van der Waals surface area contributed by atoms with Crippen LogP contribution in [0.1, 0.15) is 25.0 Å². The SMILES string of the molecule is CC.COc1noc2c(C)cc(C)cc12. The molecule has 15 heavy (non-hydrogen) atoms. The van der Waals surface area contributed by atoms with E-state index in [1.54, 1.807) is 7.11 Å². The van der Waals surface area contributed by atoms with Gasteiger partial charge in [-0.3, -0.25) is 0 Å². The Morgan fingerprint density at radius 2 is 1.87 bits per heavy atom. The zero-order chi connectivity index (χ0) is 11.4. The Morgan fingerprint density at radius 1 is 1.20 bits per heavy atom. The molecule has 0 aliphatic heterocycles. The maximum absolute atomic E-state index is 5.15. The lowest BCUT2D eigenvalue weighted by atomic mass is 10.1. The van der Waals surface area contributed by atoms with Gasteiger partial charge in [-0.25, -0.2) is 0 Å². The van der Waals surface area contributed by atoms with Crippen molar-refractivity contribution in [1.29, 1.82) is 0 Å². The Bertz CT molecular complexity index is 446. The third-order valence-corrected chi connectivity index (χ3v) is 2.06. The van der Waals surface area contributed by atoms with Gasteiger partial charge in [-0.05, 0) is 36.2 Å². The van der Waals surface area contributed by atoms with Crippen molar-refractivity contribution >= 4 is 11.0 Å². The van der Waals surface area contributed by atoms with Crippen LogP contribution < -0.4 is 4.74 Å². The van der Waals surface area contributed by atoms with Crippen molar-refractivity contribution in [3.63, 3.8) is 0 Å². The van der Waals surface area contributed by atoms with Gasteiger partial charge in [-0.2, -0.15) is 0 Å². The Labute approximate surface area is 90.0 Å². The lowest BCUT2D eigenvalue weighted by Gasteiger charge is -1.97. The van der Waals surface area contributed by atoms with Gasteiger partial charge in [0.05, 0.1) is 12.5 Å². The number of rotatable bonds is 1. The van der Waals surface area contributed by atoms with Gasteiger partial charge in [0.2, 0.25) is 0 Å². The second-order valence-corrected chi connectivity index (χ2v) is 3.15. The van der Waals surface area contributed by atoms with E-state index in [1.807, 2.05) is 33.8 Å². The Balaban J connectivity index is 0.000000531. The summed E-state index contributed by atoms with van der Waals surface area (Å²) in [4.78, 5) is 0. The topological polar surface area (TPSA) is 35.3 Å². The molecule has 0 saturated carbocycles. The van der Waals surface area contributed by atoms with Crippen LogP contribution in [0.25, 0.3) is 11.0 Å². The summed E-state index contributed by atoms with van der Waals surface area (Å²) in [5, 5.41) is 4.76. The van der Waals surface area contributed by atoms with Gasteiger partial charge in [-0.1, -0.05) is 19.9 Å². The van der Waals surface area contributed by atoms with Crippen molar-refractivity contribution in [2.24, 2.45) is 0 Å². The molecule has 0 aliphatic rings. The van der Waals surface area contributed by atoms with Crippen LogP contribution in [-0.2, 0) is 0 Å². The first kappa shape index (κ1) is 11.6. The minimum absolute atomic E-state index is 0.557. The summed E-state index contributed by atoms with van der Waals surface area (Å²) in [6.45, 7) is 8.04. The lowest BCUT2D eigenvalue weighted by Crippen LogP contribution is -1.83. The predicted octanol–water partition coefficient (Wildman–Crippen LogP) is 3.48. The van der Waals surface area contributed by atoms with Gasteiger partial charge in [0.25, 0.3) is 5.88 Å². The van der Waals surface area contributed by atoms with Crippen LogP contribution >= 0.6 is 0 Å². The van der Waals surface area contributed by atoms with Crippen molar-refractivity contribution in [3.8, 4) is 5.88 Å². The molecule has 3 heteroatoms. The second-order valence-electron chi connectivity index (χ2n) is 3.15. The first-order chi connectivity index (χ1) is 7.22. The molecular formula is C12H17NO2. The molecule has 1 aromatic carbocycles. The van der Waals surface area contributed by atoms with Gasteiger partial charge in [0, 0.05) is 0 Å². The van der Waals surface area contributed by atoms with Crippen LogP contribution in [0.3, 0.4) is 0 Å². The maximum atomic E-state index is 5.15. The summed E-state index contributed by atoms with van der Waals surface area (Å²) in [7, 11) is 1.59. The lowest BCUT2D eigenvalue weighted by molar-refractivity contribution is 0.350. The molecule has 82 valence electrons. The minimum Gasteiger partial charge on any atom is -0.478 e. The highest BCUT2D eigenvalue weighted by Crippen LogP contribution is 2.27. The number of fused-ring (bicyclic) bond motifs is 1. The Hall–Kier alpha value is -1.51. The van der Waals surface area contributed by atoms with Gasteiger partial charge in [-0.15, -0.1) is 0 Å². The number of nitrogens with zero attached hydrogens (tertiary/aromatic N) is 1. The number of methoxy groups -OCH3 is 1. The average molecular weight is 207 g/mol. The molecule has 2 rings (SSSR count). The van der Waals surface area contributed by atoms with E-state index in [4.69, 9.17) is 9.26 Å².